The molecule has 0 aliphatic heterocycles. The maximum Gasteiger partial charge on any atom is 0.123 e. The number of hydrogen-bond acceptors (Lipinski definition) is 2. The summed E-state index contributed by atoms with van der Waals surface area (Å²) in [4.78, 5) is 0. The molecular weight excluding hydrogens is 318 g/mol. The van der Waals surface area contributed by atoms with Crippen molar-refractivity contribution in [2.75, 3.05) is 0 Å². The van der Waals surface area contributed by atoms with Crippen LogP contribution in [0.15, 0.2) is 48.5 Å². The first kappa shape index (κ1) is 17.4. The predicted octanol–water partition coefficient (Wildman–Crippen LogP) is 6.95. The van der Waals surface area contributed by atoms with Gasteiger partial charge in [0.15, 0.2) is 0 Å². The first-order chi connectivity index (χ1) is 10.6. The van der Waals surface area contributed by atoms with Crippen LogP contribution in [0.25, 0.3) is 0 Å². The molecule has 0 aliphatic carbocycles. The summed E-state index contributed by atoms with van der Waals surface area (Å²) >= 11 is 0. The second-order valence-corrected chi connectivity index (χ2v) is 7.77. The van der Waals surface area contributed by atoms with E-state index >= 15 is 0 Å². The van der Waals surface area contributed by atoms with Crippen LogP contribution in [0.1, 0.15) is 48.3 Å². The van der Waals surface area contributed by atoms with Crippen LogP contribution in [0, 0.1) is 11.6 Å². The average molecular weight is 338 g/mol. The van der Waals surface area contributed by atoms with Crippen molar-refractivity contribution in [1.29, 1.82) is 0 Å². The highest BCUT2D eigenvalue weighted by atomic mass is 33.1. The molecule has 0 saturated carbocycles. The molecule has 2 aromatic rings. The Labute approximate surface area is 139 Å². The van der Waals surface area contributed by atoms with Crippen molar-refractivity contribution in [3.05, 3.63) is 71.3 Å². The van der Waals surface area contributed by atoms with Crippen LogP contribution in [0.3, 0.4) is 0 Å². The molecule has 118 valence electrons. The molecule has 2 aromatic carbocycles. The first-order valence-electron chi connectivity index (χ1n) is 7.47. The van der Waals surface area contributed by atoms with Gasteiger partial charge >= 0.3 is 0 Å². The van der Waals surface area contributed by atoms with Crippen molar-refractivity contribution < 1.29 is 8.78 Å². The fraction of sp³-hybridized carbons (Fsp3) is 0.333. The van der Waals surface area contributed by atoms with E-state index in [0.29, 0.717) is 10.5 Å². The lowest BCUT2D eigenvalue weighted by Crippen LogP contribution is -1.94. The Morgan fingerprint density at radius 3 is 1.27 bits per heavy atom. The highest BCUT2D eigenvalue weighted by molar-refractivity contribution is 8.76. The van der Waals surface area contributed by atoms with E-state index in [9.17, 15) is 8.78 Å². The molecular formula is C18H20F2S2. The van der Waals surface area contributed by atoms with Gasteiger partial charge in [0, 0.05) is 10.5 Å². The van der Waals surface area contributed by atoms with E-state index in [1.807, 2.05) is 45.9 Å². The van der Waals surface area contributed by atoms with Crippen LogP contribution in [-0.4, -0.2) is 0 Å². The highest BCUT2D eigenvalue weighted by Crippen LogP contribution is 2.48. The van der Waals surface area contributed by atoms with Gasteiger partial charge in [-0.25, -0.2) is 8.78 Å². The second-order valence-electron chi connectivity index (χ2n) is 5.09. The molecule has 0 saturated heterocycles. The zero-order valence-electron chi connectivity index (χ0n) is 12.8. The molecule has 0 aromatic heterocycles. The molecule has 2 atom stereocenters. The van der Waals surface area contributed by atoms with E-state index in [1.54, 1.807) is 0 Å². The lowest BCUT2D eigenvalue weighted by atomic mass is 10.1. The molecule has 4 heteroatoms. The molecule has 0 aliphatic rings. The van der Waals surface area contributed by atoms with Crippen LogP contribution in [-0.2, 0) is 0 Å². The van der Waals surface area contributed by atoms with E-state index in [1.165, 1.54) is 24.3 Å². The summed E-state index contributed by atoms with van der Waals surface area (Å²) in [5.41, 5.74) is 2.30. The first-order valence-corrected chi connectivity index (χ1v) is 9.74. The summed E-state index contributed by atoms with van der Waals surface area (Å²) in [5, 5.41) is 0.667. The maximum atomic E-state index is 13.0. The monoisotopic (exact) mass is 338 g/mol. The van der Waals surface area contributed by atoms with E-state index in [2.05, 4.69) is 13.8 Å². The Bertz CT molecular complexity index is 513. The molecule has 2 rings (SSSR count). The Morgan fingerprint density at radius 2 is 1.00 bits per heavy atom. The summed E-state index contributed by atoms with van der Waals surface area (Å²) < 4.78 is 26.1. The molecule has 2 unspecified atom stereocenters. The third-order valence-electron chi connectivity index (χ3n) is 3.51. The van der Waals surface area contributed by atoms with E-state index in [4.69, 9.17) is 0 Å². The summed E-state index contributed by atoms with van der Waals surface area (Å²) in [7, 11) is 3.63. The largest absolute Gasteiger partial charge is 0.207 e. The Hall–Kier alpha value is -1.00. The fourth-order valence-corrected chi connectivity index (χ4v) is 5.57. The van der Waals surface area contributed by atoms with Gasteiger partial charge in [0.05, 0.1) is 0 Å². The highest BCUT2D eigenvalue weighted by Gasteiger charge is 2.16. The Morgan fingerprint density at radius 1 is 0.682 bits per heavy atom. The third-order valence-corrected chi connectivity index (χ3v) is 7.03. The quantitative estimate of drug-likeness (QED) is 0.501. The molecule has 0 radical (unpaired) electrons. The summed E-state index contributed by atoms with van der Waals surface area (Å²) in [6, 6.07) is 13.5. The van der Waals surface area contributed by atoms with Crippen LogP contribution in [0.4, 0.5) is 8.78 Å². The van der Waals surface area contributed by atoms with Gasteiger partial charge in [-0.15, -0.1) is 0 Å². The minimum absolute atomic E-state index is 0.200. The molecule has 0 spiro atoms. The summed E-state index contributed by atoms with van der Waals surface area (Å²) in [6.07, 6.45) is 1.98. The molecule has 22 heavy (non-hydrogen) atoms. The molecule has 0 fully saturated rings. The topological polar surface area (TPSA) is 0 Å². The lowest BCUT2D eigenvalue weighted by Gasteiger charge is -2.19. The van der Waals surface area contributed by atoms with Gasteiger partial charge in [-0.1, -0.05) is 59.7 Å². The Kier molecular flexibility index (Phi) is 6.77. The zero-order chi connectivity index (χ0) is 15.9. The molecule has 0 nitrogen and oxygen atoms in total. The van der Waals surface area contributed by atoms with Crippen molar-refractivity contribution in [3.63, 3.8) is 0 Å². The average Bonchev–Trinajstić information content (AvgIpc) is 2.54. The molecule has 0 amide bonds. The lowest BCUT2D eigenvalue weighted by molar-refractivity contribution is 0.626. The number of hydrogen-bond donors (Lipinski definition) is 0. The minimum atomic E-state index is -0.200. The van der Waals surface area contributed by atoms with Gasteiger partial charge in [0.1, 0.15) is 11.6 Å². The van der Waals surface area contributed by atoms with E-state index in [-0.39, 0.29) is 11.6 Å². The van der Waals surface area contributed by atoms with E-state index in [0.717, 1.165) is 24.0 Å². The van der Waals surface area contributed by atoms with Crippen molar-refractivity contribution >= 4 is 21.6 Å². The predicted molar refractivity (Wildman–Crippen MR) is 94.0 cm³/mol. The van der Waals surface area contributed by atoms with Gasteiger partial charge < -0.3 is 0 Å². The van der Waals surface area contributed by atoms with Crippen molar-refractivity contribution in [2.45, 2.75) is 37.2 Å². The van der Waals surface area contributed by atoms with Gasteiger partial charge in [-0.2, -0.15) is 0 Å². The molecule has 0 heterocycles. The minimum Gasteiger partial charge on any atom is -0.207 e. The van der Waals surface area contributed by atoms with Gasteiger partial charge in [-0.3, -0.25) is 0 Å². The molecule has 0 N–H and O–H groups in total. The maximum absolute atomic E-state index is 13.0. The van der Waals surface area contributed by atoms with Crippen molar-refractivity contribution in [2.24, 2.45) is 0 Å². The van der Waals surface area contributed by atoms with Crippen molar-refractivity contribution in [1.82, 2.24) is 0 Å². The van der Waals surface area contributed by atoms with Crippen molar-refractivity contribution in [3.8, 4) is 0 Å². The second kappa shape index (κ2) is 8.59. The number of halogens is 2. The van der Waals surface area contributed by atoms with E-state index < -0.39 is 0 Å². The third kappa shape index (κ3) is 4.75. The molecule has 0 bridgehead atoms. The summed E-state index contributed by atoms with van der Waals surface area (Å²) in [6.45, 7) is 4.28. The van der Waals surface area contributed by atoms with Crippen LogP contribution < -0.4 is 0 Å². The number of benzene rings is 2. The normalized spacial score (nSPS) is 13.8. The zero-order valence-corrected chi connectivity index (χ0v) is 14.4. The van der Waals surface area contributed by atoms with Gasteiger partial charge in [-0.05, 0) is 48.2 Å². The van der Waals surface area contributed by atoms with Crippen LogP contribution >= 0.6 is 21.6 Å². The smallest absolute Gasteiger partial charge is 0.123 e. The standard InChI is InChI=1S/C18H20F2S2/c1-3-17(13-5-9-15(19)10-6-13)21-22-18(4-2)14-7-11-16(20)12-8-14/h5-12,17-18H,3-4H2,1-2H3. The SMILES string of the molecule is CCC(SSC(CC)c1ccc(F)cc1)c1ccc(F)cc1. The Balaban J connectivity index is 2.01. The van der Waals surface area contributed by atoms with Gasteiger partial charge in [0.2, 0.25) is 0 Å². The fourth-order valence-electron chi connectivity index (χ4n) is 2.21. The number of rotatable bonds is 7. The van der Waals surface area contributed by atoms with Gasteiger partial charge in [0.25, 0.3) is 0 Å². The summed E-state index contributed by atoms with van der Waals surface area (Å²) in [5.74, 6) is -0.400. The van der Waals surface area contributed by atoms with Crippen LogP contribution in [0.2, 0.25) is 0 Å². The van der Waals surface area contributed by atoms with Crippen LogP contribution in [0.5, 0.6) is 0 Å².